The predicted molar refractivity (Wildman–Crippen MR) is 31.5 cm³/mol. The van der Waals surface area contributed by atoms with Crippen LogP contribution in [0.3, 0.4) is 0 Å². The summed E-state index contributed by atoms with van der Waals surface area (Å²) < 4.78 is 8.30. The molecule has 4 nitrogen and oxygen atoms in total. The third-order valence-electron chi connectivity index (χ3n) is 0.537. The molecule has 0 unspecified atom stereocenters. The largest absolute Gasteiger partial charge is 1.00 e. The van der Waals surface area contributed by atoms with Crippen LogP contribution in [0.15, 0.2) is 0 Å². The second-order valence-corrected chi connectivity index (χ2v) is 1.80. The third-order valence-corrected chi connectivity index (χ3v) is 1.28. The van der Waals surface area contributed by atoms with Crippen LogP contribution in [-0.4, -0.2) is 45.2 Å². The van der Waals surface area contributed by atoms with Gasteiger partial charge < -0.3 is 10.4 Å². The van der Waals surface area contributed by atoms with Gasteiger partial charge in [0.25, 0.3) is 0 Å². The fourth-order valence-electron chi connectivity index (χ4n) is 0.167. The minimum absolute atomic E-state index is 0. The second kappa shape index (κ2) is 12.6. The van der Waals surface area contributed by atoms with Crippen molar-refractivity contribution in [1.82, 2.24) is 0 Å². The Bertz CT molecular complexity index is 112. The summed E-state index contributed by atoms with van der Waals surface area (Å²) in [6.45, 7) is 0. The van der Waals surface area contributed by atoms with Crippen molar-refractivity contribution in [3.05, 3.63) is 0 Å². The Morgan fingerprint density at radius 1 is 1.00 bits per heavy atom. The van der Waals surface area contributed by atoms with Gasteiger partial charge in [-0.3, -0.25) is 0 Å². The molecule has 10 heavy (non-hydrogen) atoms. The van der Waals surface area contributed by atoms with Gasteiger partial charge in [-0.05, 0) is 0 Å². The third kappa shape index (κ3) is 9.70. The minimum Gasteiger partial charge on any atom is -1.00 e. The van der Waals surface area contributed by atoms with Gasteiger partial charge in [0.2, 0.25) is 0 Å². The average molecular weight is 319 g/mol. The Kier molecular flexibility index (Phi) is 24.3. The molecule has 0 amide bonds. The molecule has 0 N–H and O–H groups in total. The molecule has 0 aliphatic rings. The van der Waals surface area contributed by atoms with Gasteiger partial charge in [-0.2, -0.15) is 0 Å². The predicted octanol–water partition coefficient (Wildman–Crippen LogP) is -8.60. The smallest absolute Gasteiger partial charge is 1.00 e. The summed E-state index contributed by atoms with van der Waals surface area (Å²) >= 11 is 0.481. The van der Waals surface area contributed by atoms with Gasteiger partial charge in [-0.15, -0.1) is 0 Å². The van der Waals surface area contributed by atoms with Crippen LogP contribution < -0.4 is 116 Å². The van der Waals surface area contributed by atoms with E-state index in [0.717, 1.165) is 0 Å². The molecule has 0 radical (unpaired) electrons. The van der Waals surface area contributed by atoms with E-state index in [-0.39, 0.29) is 152 Å². The molecule has 0 atom stereocenters. The van der Waals surface area contributed by atoms with Gasteiger partial charge in [0.15, 0.2) is 0 Å². The molecule has 46 valence electrons. The van der Waals surface area contributed by atoms with Crippen molar-refractivity contribution in [3.8, 4) is 0 Å². The first-order valence-electron chi connectivity index (χ1n) is 1.88. The van der Waals surface area contributed by atoms with Crippen LogP contribution in [0, 0.1) is 0 Å². The molecule has 0 aliphatic carbocycles. The number of carbonyl (C=O) groups is 2. The van der Waals surface area contributed by atoms with Gasteiger partial charge in [-0.25, -0.2) is 9.59 Å². The standard InChI is InChI=1S/C2H2O4.2Al.2Rb.6H/c3-1(4)2(5)6;;;;;;;;;;/h(H,3,4)(H,5,6);;;;;;;;;;/q;4*+1;;;;;2*-1/p-2. The molecule has 0 spiro atoms. The van der Waals surface area contributed by atoms with Crippen LogP contribution in [0.4, 0.5) is 0 Å². The maximum absolute atomic E-state index is 10.1. The van der Waals surface area contributed by atoms with Crippen LogP contribution in [-0.2, 0) is 17.2 Å². The first-order chi connectivity index (χ1) is 3.72. The zero-order chi connectivity index (χ0) is 6.57. The molecule has 0 aliphatic heterocycles. The summed E-state index contributed by atoms with van der Waals surface area (Å²) in [5, 5.41) is 0. The van der Waals surface area contributed by atoms with Crippen LogP contribution in [0.1, 0.15) is 2.85 Å². The van der Waals surface area contributed by atoms with Crippen molar-refractivity contribution in [1.29, 1.82) is 0 Å². The summed E-state index contributed by atoms with van der Waals surface area (Å²) in [7, 11) is 0. The summed E-state index contributed by atoms with van der Waals surface area (Å²) in [6.07, 6.45) is 0. The second-order valence-electron chi connectivity index (χ2n) is 0.983. The van der Waals surface area contributed by atoms with Crippen LogP contribution >= 0.6 is 0 Å². The quantitative estimate of drug-likeness (QED) is 0.329. The van der Waals surface area contributed by atoms with Crippen molar-refractivity contribution >= 4 is 45.2 Å². The Morgan fingerprint density at radius 2 is 1.20 bits per heavy atom. The SMILES string of the molecule is O=C([O][AlH2])C(=O)[O][AlH2].[H-].[H-].[Rb+].[Rb+]. The first-order valence-corrected chi connectivity index (χ1v) is 3.52. The molecule has 0 aromatic carbocycles. The van der Waals surface area contributed by atoms with Crippen molar-refractivity contribution < 1.29 is 136 Å². The van der Waals surface area contributed by atoms with Crippen LogP contribution in [0.25, 0.3) is 0 Å². The molecular formula is C2H6Al2O4Rb2. The van der Waals surface area contributed by atoms with Gasteiger partial charge in [0.05, 0.1) is 0 Å². The summed E-state index contributed by atoms with van der Waals surface area (Å²) in [5.74, 6) is -1.77. The van der Waals surface area contributed by atoms with Crippen molar-refractivity contribution in [2.75, 3.05) is 0 Å². The van der Waals surface area contributed by atoms with E-state index in [9.17, 15) is 9.59 Å². The fourth-order valence-corrected chi connectivity index (χ4v) is 0.500. The van der Waals surface area contributed by atoms with Crippen molar-refractivity contribution in [2.24, 2.45) is 0 Å². The van der Waals surface area contributed by atoms with Gasteiger partial charge in [0.1, 0.15) is 0 Å². The maximum atomic E-state index is 10.1. The van der Waals surface area contributed by atoms with E-state index in [1.165, 1.54) is 0 Å². The minimum atomic E-state index is -0.883. The van der Waals surface area contributed by atoms with E-state index in [2.05, 4.69) is 7.58 Å². The van der Waals surface area contributed by atoms with E-state index < -0.39 is 11.9 Å². The molecule has 0 aromatic rings. The average Bonchev–Trinajstić information content (AvgIpc) is 1.84. The summed E-state index contributed by atoms with van der Waals surface area (Å²) in [5.41, 5.74) is 0. The van der Waals surface area contributed by atoms with E-state index in [1.54, 1.807) is 0 Å². The van der Waals surface area contributed by atoms with E-state index in [1.807, 2.05) is 0 Å². The van der Waals surface area contributed by atoms with E-state index in [4.69, 9.17) is 0 Å². The molecule has 0 saturated carbocycles. The zero-order valence-electron chi connectivity index (χ0n) is 8.63. The number of hydrogen-bond donors (Lipinski definition) is 0. The van der Waals surface area contributed by atoms with E-state index >= 15 is 0 Å². The van der Waals surface area contributed by atoms with Crippen molar-refractivity contribution in [3.63, 3.8) is 0 Å². The fraction of sp³-hybridized carbons (Fsp3) is 0. The Hall–Kier alpha value is 3.62. The first kappa shape index (κ1) is 19.2. The zero-order valence-corrected chi connectivity index (χ0v) is 20.5. The number of rotatable bonds is 0. The maximum Gasteiger partial charge on any atom is 1.00 e. The molecule has 0 saturated heterocycles. The molecule has 8 heteroatoms. The Balaban J connectivity index is -0.0000000408. The van der Waals surface area contributed by atoms with Gasteiger partial charge in [-0.1, -0.05) is 0 Å². The number of hydrogen-bond acceptors (Lipinski definition) is 4. The summed E-state index contributed by atoms with van der Waals surface area (Å²) in [4.78, 5) is 20.2. The van der Waals surface area contributed by atoms with Crippen LogP contribution in [0.5, 0.6) is 0 Å². The molecule has 0 fully saturated rings. The monoisotopic (exact) mass is 318 g/mol. The van der Waals surface area contributed by atoms with Gasteiger partial charge in [0, 0.05) is 0 Å². The Labute approximate surface area is 176 Å². The van der Waals surface area contributed by atoms with Crippen molar-refractivity contribution in [2.45, 2.75) is 0 Å². The van der Waals surface area contributed by atoms with Gasteiger partial charge >= 0.3 is 162 Å². The van der Waals surface area contributed by atoms with Crippen LogP contribution in [0.2, 0.25) is 0 Å². The normalized spacial score (nSPS) is 6.00. The summed E-state index contributed by atoms with van der Waals surface area (Å²) in [6, 6.07) is 0. The molecule has 0 heterocycles. The number of carbonyl (C=O) groups excluding carboxylic acids is 2. The van der Waals surface area contributed by atoms with E-state index in [0.29, 0.717) is 0 Å². The topological polar surface area (TPSA) is 52.6 Å². The molecule has 0 rings (SSSR count). The molecule has 0 bridgehead atoms. The Morgan fingerprint density at radius 3 is 1.30 bits per heavy atom. The molecular weight excluding hydrogens is 313 g/mol. The molecule has 0 aromatic heterocycles.